The van der Waals surface area contributed by atoms with Gasteiger partial charge in [0.05, 0.1) is 11.6 Å². The Morgan fingerprint density at radius 1 is 1.21 bits per heavy atom. The van der Waals surface area contributed by atoms with E-state index < -0.39 is 0 Å². The van der Waals surface area contributed by atoms with Gasteiger partial charge in [0.2, 0.25) is 0 Å². The Labute approximate surface area is 169 Å². The molecule has 2 aliphatic heterocycles. The van der Waals surface area contributed by atoms with Crippen molar-refractivity contribution in [3.63, 3.8) is 0 Å². The Kier molecular flexibility index (Phi) is 4.83. The van der Waals surface area contributed by atoms with Crippen molar-refractivity contribution in [3.8, 4) is 0 Å². The number of halogens is 1. The lowest BCUT2D eigenvalue weighted by Crippen LogP contribution is -2.57. The molecule has 0 amide bonds. The minimum absolute atomic E-state index is 0.286. The molecule has 0 radical (unpaired) electrons. The second-order valence-corrected chi connectivity index (χ2v) is 8.24. The van der Waals surface area contributed by atoms with Gasteiger partial charge >= 0.3 is 0 Å². The fraction of sp³-hybridized carbons (Fsp3) is 0.455. The number of hydrogen-bond acceptors (Lipinski definition) is 6. The molecule has 2 atom stereocenters. The molecule has 2 fully saturated rings. The zero-order valence-corrected chi connectivity index (χ0v) is 16.6. The molecule has 7 heteroatoms. The van der Waals surface area contributed by atoms with Gasteiger partial charge in [-0.25, -0.2) is 9.37 Å². The van der Waals surface area contributed by atoms with Gasteiger partial charge < -0.3 is 14.7 Å². The molecule has 152 valence electrons. The first-order valence-corrected chi connectivity index (χ1v) is 10.4. The number of aryl methyl sites for hydroxylation is 1. The van der Waals surface area contributed by atoms with Gasteiger partial charge in [-0.1, -0.05) is 17.3 Å². The van der Waals surface area contributed by atoms with Crippen LogP contribution >= 0.6 is 0 Å². The van der Waals surface area contributed by atoms with Crippen molar-refractivity contribution in [3.05, 3.63) is 47.9 Å². The maximum atomic E-state index is 13.2. The third kappa shape index (κ3) is 3.67. The summed E-state index contributed by atoms with van der Waals surface area (Å²) < 4.78 is 18.7. The van der Waals surface area contributed by atoms with Crippen LogP contribution in [0.15, 0.2) is 41.1 Å². The van der Waals surface area contributed by atoms with E-state index in [9.17, 15) is 4.39 Å². The minimum atomic E-state index is -0.286. The molecule has 0 bridgehead atoms. The fourth-order valence-corrected chi connectivity index (χ4v) is 4.68. The summed E-state index contributed by atoms with van der Waals surface area (Å²) in [6.07, 6.45) is 3.63. The second kappa shape index (κ2) is 7.63. The molecule has 4 heterocycles. The Morgan fingerprint density at radius 3 is 3.00 bits per heavy atom. The topological polar surface area (TPSA) is 57.4 Å². The molecule has 2 aromatic heterocycles. The van der Waals surface area contributed by atoms with Crippen LogP contribution in [0.1, 0.15) is 18.4 Å². The molecule has 0 saturated carbocycles. The zero-order chi connectivity index (χ0) is 19.8. The Morgan fingerprint density at radius 2 is 2.10 bits per heavy atom. The third-order valence-corrected chi connectivity index (χ3v) is 6.27. The number of rotatable bonds is 4. The molecule has 3 aromatic rings. The highest BCUT2D eigenvalue weighted by molar-refractivity contribution is 5.88. The average Bonchev–Trinajstić information content (AvgIpc) is 3.17. The summed E-state index contributed by atoms with van der Waals surface area (Å²) in [5.74, 6) is 2.06. The van der Waals surface area contributed by atoms with Crippen molar-refractivity contribution in [1.82, 2.24) is 15.0 Å². The van der Waals surface area contributed by atoms with Crippen molar-refractivity contribution in [2.75, 3.05) is 42.9 Å². The molecule has 2 saturated heterocycles. The van der Waals surface area contributed by atoms with E-state index >= 15 is 0 Å². The summed E-state index contributed by atoms with van der Waals surface area (Å²) in [5, 5.41) is 8.86. The molecule has 6 nitrogen and oxygen atoms in total. The summed E-state index contributed by atoms with van der Waals surface area (Å²) in [5.41, 5.74) is 1.71. The molecule has 5 rings (SSSR count). The van der Waals surface area contributed by atoms with Crippen LogP contribution in [0.5, 0.6) is 0 Å². The first-order chi connectivity index (χ1) is 14.2. The van der Waals surface area contributed by atoms with Crippen LogP contribution in [-0.2, 0) is 0 Å². The largest absolute Gasteiger partial charge is 0.370 e. The number of nitrogens with one attached hydrogen (secondary N) is 1. The highest BCUT2D eigenvalue weighted by Crippen LogP contribution is 2.31. The molecule has 2 aliphatic rings. The highest BCUT2D eigenvalue weighted by atomic mass is 19.1. The van der Waals surface area contributed by atoms with E-state index in [1.807, 2.05) is 25.1 Å². The number of pyridine rings is 1. The third-order valence-electron chi connectivity index (χ3n) is 6.27. The van der Waals surface area contributed by atoms with Gasteiger partial charge in [0.1, 0.15) is 11.6 Å². The Bertz CT molecular complexity index is 1010. The van der Waals surface area contributed by atoms with Crippen molar-refractivity contribution < 1.29 is 8.91 Å². The monoisotopic (exact) mass is 395 g/mol. The quantitative estimate of drug-likeness (QED) is 0.727. The number of piperazine rings is 1. The van der Waals surface area contributed by atoms with Crippen LogP contribution in [-0.4, -0.2) is 53.8 Å². The van der Waals surface area contributed by atoms with Gasteiger partial charge in [0.15, 0.2) is 11.4 Å². The lowest BCUT2D eigenvalue weighted by atomic mass is 9.91. The number of benzene rings is 1. The van der Waals surface area contributed by atoms with Crippen LogP contribution in [0.2, 0.25) is 0 Å². The van der Waals surface area contributed by atoms with Crippen molar-refractivity contribution in [2.45, 2.75) is 25.8 Å². The Hall–Kier alpha value is -2.67. The van der Waals surface area contributed by atoms with E-state index in [0.29, 0.717) is 12.0 Å². The van der Waals surface area contributed by atoms with Crippen LogP contribution in [0.25, 0.3) is 11.0 Å². The lowest BCUT2D eigenvalue weighted by molar-refractivity contribution is 0.0994. The van der Waals surface area contributed by atoms with Crippen LogP contribution < -0.4 is 10.2 Å². The molecule has 1 N–H and O–H groups in total. The first kappa shape index (κ1) is 18.4. The maximum absolute atomic E-state index is 13.2. The zero-order valence-electron chi connectivity index (χ0n) is 16.6. The number of piperidine rings is 1. The van der Waals surface area contributed by atoms with Crippen molar-refractivity contribution in [1.29, 1.82) is 0 Å². The van der Waals surface area contributed by atoms with Gasteiger partial charge in [-0.3, -0.25) is 4.90 Å². The van der Waals surface area contributed by atoms with E-state index in [1.165, 1.54) is 25.1 Å². The molecule has 1 aromatic carbocycles. The summed E-state index contributed by atoms with van der Waals surface area (Å²) in [6, 6.07) is 10.2. The van der Waals surface area contributed by atoms with Gasteiger partial charge in [0.25, 0.3) is 0 Å². The van der Waals surface area contributed by atoms with Gasteiger partial charge in [0, 0.05) is 38.8 Å². The Balaban J connectivity index is 1.19. The molecular weight excluding hydrogens is 369 g/mol. The summed E-state index contributed by atoms with van der Waals surface area (Å²) in [4.78, 5) is 9.17. The number of nitrogens with zero attached hydrogens (tertiary/aromatic N) is 4. The standard InChI is InChI=1S/C22H26FN5O/c1-15-10-17(23)12-25-21(15)24-11-16-6-7-18-14-28(9-8-27(18)13-16)22-19-4-2-3-5-20(19)29-26-22/h2-5,10,12,16,18H,6-9,11,13-14H2,1H3,(H,24,25)/t16-,18+/m0/s1. The summed E-state index contributed by atoms with van der Waals surface area (Å²) in [6.45, 7) is 6.85. The second-order valence-electron chi connectivity index (χ2n) is 8.24. The van der Waals surface area contributed by atoms with Crippen LogP contribution in [0, 0.1) is 18.7 Å². The number of aromatic nitrogens is 2. The van der Waals surface area contributed by atoms with Crippen LogP contribution in [0.3, 0.4) is 0 Å². The molecular formula is C22H26FN5O. The van der Waals surface area contributed by atoms with E-state index in [4.69, 9.17) is 4.52 Å². The number of anilines is 2. The molecule has 0 unspecified atom stereocenters. The molecule has 29 heavy (non-hydrogen) atoms. The van der Waals surface area contributed by atoms with Gasteiger partial charge in [-0.15, -0.1) is 0 Å². The van der Waals surface area contributed by atoms with Crippen LogP contribution in [0.4, 0.5) is 16.0 Å². The maximum Gasteiger partial charge on any atom is 0.180 e. The van der Waals surface area contributed by atoms with E-state index in [-0.39, 0.29) is 5.82 Å². The predicted molar refractivity (Wildman–Crippen MR) is 112 cm³/mol. The van der Waals surface area contributed by atoms with Crippen molar-refractivity contribution >= 4 is 22.6 Å². The number of fused-ring (bicyclic) bond motifs is 2. The molecule has 0 aliphatic carbocycles. The van der Waals surface area contributed by atoms with Crippen molar-refractivity contribution in [2.24, 2.45) is 5.92 Å². The number of hydrogen-bond donors (Lipinski definition) is 1. The highest BCUT2D eigenvalue weighted by Gasteiger charge is 2.34. The summed E-state index contributed by atoms with van der Waals surface area (Å²) >= 11 is 0. The van der Waals surface area contributed by atoms with E-state index in [1.54, 1.807) is 0 Å². The van der Waals surface area contributed by atoms with E-state index in [0.717, 1.165) is 60.9 Å². The molecule has 0 spiro atoms. The normalized spacial score (nSPS) is 22.6. The lowest BCUT2D eigenvalue weighted by Gasteiger charge is -2.46. The van der Waals surface area contributed by atoms with E-state index in [2.05, 4.69) is 31.3 Å². The minimum Gasteiger partial charge on any atom is -0.370 e. The van der Waals surface area contributed by atoms with Gasteiger partial charge in [-0.05, 0) is 49.4 Å². The first-order valence-electron chi connectivity index (χ1n) is 10.4. The average molecular weight is 395 g/mol. The fourth-order valence-electron chi connectivity index (χ4n) is 4.68. The smallest absolute Gasteiger partial charge is 0.180 e. The summed E-state index contributed by atoms with van der Waals surface area (Å²) in [7, 11) is 0. The number of para-hydroxylation sites is 1. The SMILES string of the molecule is Cc1cc(F)cnc1NC[C@@H]1CC[C@@H]2CN(c3noc4ccccc34)CCN2C1. The van der Waals surface area contributed by atoms with Gasteiger partial charge in [-0.2, -0.15) is 0 Å². The predicted octanol–water partition coefficient (Wildman–Crippen LogP) is 3.68.